The lowest BCUT2D eigenvalue weighted by Crippen LogP contribution is -2.33. The molecule has 0 aliphatic carbocycles. The van der Waals surface area contributed by atoms with E-state index in [1.54, 1.807) is 36.4 Å². The van der Waals surface area contributed by atoms with Gasteiger partial charge in [-0.15, -0.1) is 0 Å². The van der Waals surface area contributed by atoms with E-state index < -0.39 is 6.10 Å². The SMILES string of the molecule is CC(NCCCc1ccc(F)cc1)C(O)c1ccc(O)cc1. The molecule has 118 valence electrons. The Balaban J connectivity index is 1.74. The fraction of sp³-hybridized carbons (Fsp3) is 0.333. The number of aliphatic hydroxyl groups excluding tert-OH is 1. The molecule has 2 atom stereocenters. The molecule has 0 radical (unpaired) electrons. The molecule has 2 unspecified atom stereocenters. The van der Waals surface area contributed by atoms with Crippen molar-refractivity contribution in [1.29, 1.82) is 0 Å². The van der Waals surface area contributed by atoms with Gasteiger partial charge in [0.15, 0.2) is 0 Å². The fourth-order valence-electron chi connectivity index (χ4n) is 2.35. The van der Waals surface area contributed by atoms with Gasteiger partial charge in [0.1, 0.15) is 11.6 Å². The van der Waals surface area contributed by atoms with Gasteiger partial charge in [0, 0.05) is 6.04 Å². The van der Waals surface area contributed by atoms with Gasteiger partial charge in [0.25, 0.3) is 0 Å². The summed E-state index contributed by atoms with van der Waals surface area (Å²) in [6.45, 7) is 2.70. The molecule has 0 aliphatic heterocycles. The molecular formula is C18H22FNO2. The normalized spacial score (nSPS) is 13.8. The minimum Gasteiger partial charge on any atom is -0.508 e. The minimum absolute atomic E-state index is 0.0854. The van der Waals surface area contributed by atoms with Crippen LogP contribution in [0.2, 0.25) is 0 Å². The predicted octanol–water partition coefficient (Wildman–Crippen LogP) is 3.18. The quantitative estimate of drug-likeness (QED) is 0.689. The van der Waals surface area contributed by atoms with Crippen LogP contribution < -0.4 is 5.32 Å². The highest BCUT2D eigenvalue weighted by Gasteiger charge is 2.15. The molecule has 0 saturated heterocycles. The van der Waals surface area contributed by atoms with E-state index in [1.807, 2.05) is 6.92 Å². The number of rotatable bonds is 7. The van der Waals surface area contributed by atoms with Gasteiger partial charge < -0.3 is 15.5 Å². The molecule has 0 heterocycles. The Morgan fingerprint density at radius 2 is 1.68 bits per heavy atom. The third kappa shape index (κ3) is 4.83. The number of benzene rings is 2. The Morgan fingerprint density at radius 1 is 1.05 bits per heavy atom. The van der Waals surface area contributed by atoms with Crippen molar-refractivity contribution in [2.75, 3.05) is 6.54 Å². The van der Waals surface area contributed by atoms with Crippen LogP contribution in [0.1, 0.15) is 30.6 Å². The maximum Gasteiger partial charge on any atom is 0.123 e. The van der Waals surface area contributed by atoms with Crippen LogP contribution in [-0.4, -0.2) is 22.8 Å². The molecule has 4 heteroatoms. The molecule has 2 aromatic carbocycles. The van der Waals surface area contributed by atoms with Crippen molar-refractivity contribution in [2.24, 2.45) is 0 Å². The summed E-state index contributed by atoms with van der Waals surface area (Å²) in [5.74, 6) is -0.0247. The molecule has 2 aromatic rings. The largest absolute Gasteiger partial charge is 0.508 e. The van der Waals surface area contributed by atoms with Crippen molar-refractivity contribution in [3.63, 3.8) is 0 Å². The van der Waals surface area contributed by atoms with Crippen LogP contribution in [-0.2, 0) is 6.42 Å². The van der Waals surface area contributed by atoms with Gasteiger partial charge in [-0.3, -0.25) is 0 Å². The zero-order chi connectivity index (χ0) is 15.9. The fourth-order valence-corrected chi connectivity index (χ4v) is 2.35. The molecule has 0 bridgehead atoms. The van der Waals surface area contributed by atoms with Crippen molar-refractivity contribution in [3.8, 4) is 5.75 Å². The van der Waals surface area contributed by atoms with E-state index in [2.05, 4.69) is 5.32 Å². The Bertz CT molecular complexity index is 569. The molecule has 3 N–H and O–H groups in total. The van der Waals surface area contributed by atoms with Crippen molar-refractivity contribution in [3.05, 3.63) is 65.5 Å². The number of aryl methyl sites for hydroxylation is 1. The van der Waals surface area contributed by atoms with Crippen LogP contribution in [0.3, 0.4) is 0 Å². The molecular weight excluding hydrogens is 281 g/mol. The highest BCUT2D eigenvalue weighted by Crippen LogP contribution is 2.19. The summed E-state index contributed by atoms with van der Waals surface area (Å²) in [7, 11) is 0. The van der Waals surface area contributed by atoms with Gasteiger partial charge in [-0.1, -0.05) is 24.3 Å². The predicted molar refractivity (Wildman–Crippen MR) is 85.3 cm³/mol. The van der Waals surface area contributed by atoms with E-state index in [-0.39, 0.29) is 17.6 Å². The summed E-state index contributed by atoms with van der Waals surface area (Å²) in [6.07, 6.45) is 1.17. The van der Waals surface area contributed by atoms with Crippen molar-refractivity contribution < 1.29 is 14.6 Å². The zero-order valence-corrected chi connectivity index (χ0v) is 12.7. The number of aromatic hydroxyl groups is 1. The average Bonchev–Trinajstić information content (AvgIpc) is 2.53. The number of phenolic OH excluding ortho intramolecular Hbond substituents is 1. The highest BCUT2D eigenvalue weighted by molar-refractivity contribution is 5.27. The molecule has 0 saturated carbocycles. The third-order valence-corrected chi connectivity index (χ3v) is 3.73. The van der Waals surface area contributed by atoms with E-state index in [1.165, 1.54) is 12.1 Å². The van der Waals surface area contributed by atoms with Gasteiger partial charge in [0.05, 0.1) is 6.10 Å². The molecule has 22 heavy (non-hydrogen) atoms. The molecule has 0 fully saturated rings. The first-order chi connectivity index (χ1) is 10.6. The Labute approximate surface area is 130 Å². The number of phenols is 1. The second-order valence-electron chi connectivity index (χ2n) is 5.51. The summed E-state index contributed by atoms with van der Waals surface area (Å²) >= 11 is 0. The van der Waals surface area contributed by atoms with Gasteiger partial charge in [-0.05, 0) is 61.7 Å². The average molecular weight is 303 g/mol. The molecule has 0 amide bonds. The lowest BCUT2D eigenvalue weighted by Gasteiger charge is -2.20. The standard InChI is InChI=1S/C18H22FNO2/c1-13(18(22)15-6-10-17(21)11-7-15)20-12-2-3-14-4-8-16(19)9-5-14/h4-11,13,18,20-22H,2-3,12H2,1H3. The van der Waals surface area contributed by atoms with Crippen molar-refractivity contribution >= 4 is 0 Å². The summed E-state index contributed by atoms with van der Waals surface area (Å²) in [5.41, 5.74) is 1.88. The first-order valence-electron chi connectivity index (χ1n) is 7.51. The van der Waals surface area contributed by atoms with Crippen LogP contribution in [0.5, 0.6) is 5.75 Å². The number of nitrogens with one attached hydrogen (secondary N) is 1. The topological polar surface area (TPSA) is 52.5 Å². The molecule has 0 spiro atoms. The van der Waals surface area contributed by atoms with E-state index in [9.17, 15) is 14.6 Å². The first kappa shape index (κ1) is 16.5. The Kier molecular flexibility index (Phi) is 5.92. The maximum atomic E-state index is 12.8. The number of aliphatic hydroxyl groups is 1. The summed E-state index contributed by atoms with van der Waals surface area (Å²) in [6, 6.07) is 13.0. The second-order valence-corrected chi connectivity index (χ2v) is 5.51. The Morgan fingerprint density at radius 3 is 2.32 bits per heavy atom. The molecule has 0 aliphatic rings. The van der Waals surface area contributed by atoms with E-state index in [0.29, 0.717) is 0 Å². The van der Waals surface area contributed by atoms with Crippen LogP contribution in [0, 0.1) is 5.82 Å². The van der Waals surface area contributed by atoms with Crippen LogP contribution in [0.25, 0.3) is 0 Å². The van der Waals surface area contributed by atoms with Gasteiger partial charge >= 0.3 is 0 Å². The first-order valence-corrected chi connectivity index (χ1v) is 7.51. The van der Waals surface area contributed by atoms with Crippen LogP contribution >= 0.6 is 0 Å². The highest BCUT2D eigenvalue weighted by atomic mass is 19.1. The lowest BCUT2D eigenvalue weighted by atomic mass is 10.0. The van der Waals surface area contributed by atoms with Gasteiger partial charge in [-0.2, -0.15) is 0 Å². The van der Waals surface area contributed by atoms with Crippen LogP contribution in [0.15, 0.2) is 48.5 Å². The van der Waals surface area contributed by atoms with Gasteiger partial charge in [-0.25, -0.2) is 4.39 Å². The van der Waals surface area contributed by atoms with E-state index in [0.717, 1.165) is 30.5 Å². The Hall–Kier alpha value is -1.91. The van der Waals surface area contributed by atoms with E-state index >= 15 is 0 Å². The summed E-state index contributed by atoms with van der Waals surface area (Å²) in [4.78, 5) is 0. The monoisotopic (exact) mass is 303 g/mol. The summed E-state index contributed by atoms with van der Waals surface area (Å²) in [5, 5.41) is 22.8. The lowest BCUT2D eigenvalue weighted by molar-refractivity contribution is 0.136. The molecule has 0 aromatic heterocycles. The van der Waals surface area contributed by atoms with Crippen LogP contribution in [0.4, 0.5) is 4.39 Å². The van der Waals surface area contributed by atoms with Gasteiger partial charge in [0.2, 0.25) is 0 Å². The van der Waals surface area contributed by atoms with E-state index in [4.69, 9.17) is 0 Å². The maximum absolute atomic E-state index is 12.8. The minimum atomic E-state index is -0.619. The third-order valence-electron chi connectivity index (χ3n) is 3.73. The number of halogens is 1. The molecule has 3 nitrogen and oxygen atoms in total. The number of hydrogen-bond donors (Lipinski definition) is 3. The van der Waals surface area contributed by atoms with Crippen molar-refractivity contribution in [2.45, 2.75) is 31.9 Å². The zero-order valence-electron chi connectivity index (χ0n) is 12.7. The summed E-state index contributed by atoms with van der Waals surface area (Å²) < 4.78 is 12.8. The van der Waals surface area contributed by atoms with Crippen molar-refractivity contribution in [1.82, 2.24) is 5.32 Å². The second kappa shape index (κ2) is 7.92. The number of hydrogen-bond acceptors (Lipinski definition) is 3. The smallest absolute Gasteiger partial charge is 0.123 e. The molecule has 2 rings (SSSR count).